The SMILES string of the molecule is CCC.Cc1coc([C@H](C)C(C)(C)C)c1. The maximum atomic E-state index is 5.45. The van der Waals surface area contributed by atoms with Crippen molar-refractivity contribution in [3.8, 4) is 0 Å². The molecule has 0 saturated heterocycles. The van der Waals surface area contributed by atoms with E-state index in [2.05, 4.69) is 54.5 Å². The van der Waals surface area contributed by atoms with E-state index in [0.29, 0.717) is 5.92 Å². The van der Waals surface area contributed by atoms with Gasteiger partial charge >= 0.3 is 0 Å². The van der Waals surface area contributed by atoms with Crippen LogP contribution in [-0.4, -0.2) is 0 Å². The molecular weight excluding hydrogens is 184 g/mol. The normalized spacial score (nSPS) is 13.0. The summed E-state index contributed by atoms with van der Waals surface area (Å²) in [4.78, 5) is 0. The van der Waals surface area contributed by atoms with E-state index in [4.69, 9.17) is 4.42 Å². The predicted molar refractivity (Wildman–Crippen MR) is 67.3 cm³/mol. The van der Waals surface area contributed by atoms with Crippen LogP contribution in [0.2, 0.25) is 0 Å². The molecule has 0 spiro atoms. The Hall–Kier alpha value is -0.720. The molecule has 0 aliphatic carbocycles. The smallest absolute Gasteiger partial charge is 0.107 e. The highest BCUT2D eigenvalue weighted by Gasteiger charge is 2.23. The molecule has 0 unspecified atom stereocenters. The van der Waals surface area contributed by atoms with E-state index in [1.807, 2.05) is 6.26 Å². The minimum Gasteiger partial charge on any atom is -0.469 e. The summed E-state index contributed by atoms with van der Waals surface area (Å²) in [5, 5.41) is 0. The third-order valence-corrected chi connectivity index (χ3v) is 2.48. The molecule has 1 atom stereocenters. The number of hydrogen-bond donors (Lipinski definition) is 0. The summed E-state index contributed by atoms with van der Waals surface area (Å²) in [7, 11) is 0. The van der Waals surface area contributed by atoms with Gasteiger partial charge in [-0.15, -0.1) is 0 Å². The average molecular weight is 210 g/mol. The molecule has 0 radical (unpaired) electrons. The second kappa shape index (κ2) is 5.99. The first kappa shape index (κ1) is 14.3. The van der Waals surface area contributed by atoms with E-state index >= 15 is 0 Å². The molecule has 0 amide bonds. The Kier molecular flexibility index (Phi) is 5.71. The van der Waals surface area contributed by atoms with Gasteiger partial charge in [0.1, 0.15) is 5.76 Å². The number of hydrogen-bond acceptors (Lipinski definition) is 1. The largest absolute Gasteiger partial charge is 0.469 e. The summed E-state index contributed by atoms with van der Waals surface area (Å²) in [6, 6.07) is 2.12. The summed E-state index contributed by atoms with van der Waals surface area (Å²) in [6.45, 7) is 15.2. The Morgan fingerprint density at radius 2 is 1.73 bits per heavy atom. The minimum absolute atomic E-state index is 0.282. The first-order valence-corrected chi connectivity index (χ1v) is 5.87. The zero-order chi connectivity index (χ0) is 12.1. The quantitative estimate of drug-likeness (QED) is 0.624. The van der Waals surface area contributed by atoms with Crippen molar-refractivity contribution < 1.29 is 4.42 Å². The summed E-state index contributed by atoms with van der Waals surface area (Å²) in [5.41, 5.74) is 1.49. The zero-order valence-electron chi connectivity index (χ0n) is 11.3. The minimum atomic E-state index is 0.282. The van der Waals surface area contributed by atoms with E-state index in [9.17, 15) is 0 Å². The molecule has 1 heteroatoms. The molecule has 0 aliphatic rings. The van der Waals surface area contributed by atoms with Crippen LogP contribution >= 0.6 is 0 Å². The average Bonchev–Trinajstić information content (AvgIpc) is 2.50. The van der Waals surface area contributed by atoms with Crippen molar-refractivity contribution in [1.82, 2.24) is 0 Å². The molecule has 15 heavy (non-hydrogen) atoms. The standard InChI is InChI=1S/C11H18O.C3H8/c1-8-6-10(12-7-8)9(2)11(3,4)5;1-3-2/h6-7,9H,1-5H3;3H2,1-2H3/t9-;/m0./s1. The van der Waals surface area contributed by atoms with Crippen LogP contribution in [0.25, 0.3) is 0 Å². The molecule has 0 saturated carbocycles. The van der Waals surface area contributed by atoms with Crippen LogP contribution in [0, 0.1) is 12.3 Å². The highest BCUT2D eigenvalue weighted by molar-refractivity contribution is 5.15. The second-order valence-electron chi connectivity index (χ2n) is 5.32. The van der Waals surface area contributed by atoms with Crippen LogP contribution in [0.15, 0.2) is 16.7 Å². The highest BCUT2D eigenvalue weighted by Crippen LogP contribution is 2.34. The maximum absolute atomic E-state index is 5.45. The van der Waals surface area contributed by atoms with E-state index in [1.54, 1.807) is 0 Å². The fraction of sp³-hybridized carbons (Fsp3) is 0.714. The first-order chi connectivity index (χ1) is 6.82. The summed E-state index contributed by atoms with van der Waals surface area (Å²) < 4.78 is 5.45. The predicted octanol–water partition coefficient (Wildman–Crippen LogP) is 5.15. The van der Waals surface area contributed by atoms with Crippen LogP contribution in [0.4, 0.5) is 0 Å². The molecule has 1 rings (SSSR count). The number of rotatable bonds is 1. The molecule has 1 heterocycles. The van der Waals surface area contributed by atoms with E-state index in [1.165, 1.54) is 12.0 Å². The van der Waals surface area contributed by atoms with Gasteiger partial charge in [-0.2, -0.15) is 0 Å². The fourth-order valence-corrected chi connectivity index (χ4v) is 1.11. The molecule has 0 aliphatic heterocycles. The Bertz CT molecular complexity index is 265. The van der Waals surface area contributed by atoms with Crippen molar-refractivity contribution in [3.63, 3.8) is 0 Å². The van der Waals surface area contributed by atoms with Crippen molar-refractivity contribution >= 4 is 0 Å². The zero-order valence-corrected chi connectivity index (χ0v) is 11.3. The Morgan fingerprint density at radius 1 is 1.27 bits per heavy atom. The first-order valence-electron chi connectivity index (χ1n) is 5.87. The van der Waals surface area contributed by atoms with Crippen molar-refractivity contribution in [2.24, 2.45) is 5.41 Å². The number of aryl methyl sites for hydroxylation is 1. The molecule has 1 aromatic heterocycles. The monoisotopic (exact) mass is 210 g/mol. The van der Waals surface area contributed by atoms with Gasteiger partial charge in [0.2, 0.25) is 0 Å². The molecular formula is C14H26O. The highest BCUT2D eigenvalue weighted by atomic mass is 16.3. The fourth-order valence-electron chi connectivity index (χ4n) is 1.11. The lowest BCUT2D eigenvalue weighted by Crippen LogP contribution is -2.14. The molecule has 88 valence electrons. The van der Waals surface area contributed by atoms with Crippen LogP contribution in [0.3, 0.4) is 0 Å². The van der Waals surface area contributed by atoms with Gasteiger partial charge in [-0.1, -0.05) is 48.0 Å². The molecule has 1 aromatic rings. The topological polar surface area (TPSA) is 13.1 Å². The van der Waals surface area contributed by atoms with Gasteiger partial charge < -0.3 is 4.42 Å². The van der Waals surface area contributed by atoms with Gasteiger partial charge in [0.05, 0.1) is 6.26 Å². The van der Waals surface area contributed by atoms with E-state index < -0.39 is 0 Å². The molecule has 0 fully saturated rings. The second-order valence-corrected chi connectivity index (χ2v) is 5.32. The Balaban J connectivity index is 0.000000583. The summed E-state index contributed by atoms with van der Waals surface area (Å²) >= 11 is 0. The lowest BCUT2D eigenvalue weighted by Gasteiger charge is -2.25. The van der Waals surface area contributed by atoms with Gasteiger partial charge in [-0.3, -0.25) is 0 Å². The third kappa shape index (κ3) is 5.06. The molecule has 0 aromatic carbocycles. The summed E-state index contributed by atoms with van der Waals surface area (Å²) in [6.07, 6.45) is 3.07. The summed E-state index contributed by atoms with van der Waals surface area (Å²) in [5.74, 6) is 1.58. The van der Waals surface area contributed by atoms with E-state index in [0.717, 1.165) is 5.76 Å². The van der Waals surface area contributed by atoms with Crippen molar-refractivity contribution in [2.45, 2.75) is 60.8 Å². The lowest BCUT2D eigenvalue weighted by molar-refractivity contribution is 0.296. The molecule has 0 bridgehead atoms. The Labute approximate surface area is 94.9 Å². The van der Waals surface area contributed by atoms with Crippen LogP contribution in [-0.2, 0) is 0 Å². The third-order valence-electron chi connectivity index (χ3n) is 2.48. The maximum Gasteiger partial charge on any atom is 0.107 e. The molecule has 0 N–H and O–H groups in total. The van der Waals surface area contributed by atoms with Crippen molar-refractivity contribution in [2.75, 3.05) is 0 Å². The van der Waals surface area contributed by atoms with Gasteiger partial charge in [-0.25, -0.2) is 0 Å². The van der Waals surface area contributed by atoms with Crippen molar-refractivity contribution in [1.29, 1.82) is 0 Å². The van der Waals surface area contributed by atoms with Gasteiger partial charge in [0, 0.05) is 5.92 Å². The van der Waals surface area contributed by atoms with Gasteiger partial charge in [0.15, 0.2) is 0 Å². The van der Waals surface area contributed by atoms with Crippen LogP contribution in [0.1, 0.15) is 65.2 Å². The Morgan fingerprint density at radius 3 is 2.00 bits per heavy atom. The van der Waals surface area contributed by atoms with Gasteiger partial charge in [0.25, 0.3) is 0 Å². The van der Waals surface area contributed by atoms with Gasteiger partial charge in [-0.05, 0) is 24.0 Å². The van der Waals surface area contributed by atoms with Crippen LogP contribution in [0.5, 0.6) is 0 Å². The van der Waals surface area contributed by atoms with E-state index in [-0.39, 0.29) is 5.41 Å². The van der Waals surface area contributed by atoms with Crippen LogP contribution < -0.4 is 0 Å². The molecule has 1 nitrogen and oxygen atoms in total. The number of furan rings is 1. The lowest BCUT2D eigenvalue weighted by atomic mass is 9.80. The van der Waals surface area contributed by atoms with Crippen molar-refractivity contribution in [3.05, 3.63) is 23.7 Å².